The number of benzene rings is 1. The molecule has 1 aliphatic heterocycles. The molecule has 2 aromatic rings. The number of nitrogens with zero attached hydrogens (tertiary/aromatic N) is 3. The number of rotatable bonds is 4. The Morgan fingerprint density at radius 2 is 1.93 bits per heavy atom. The maximum Gasteiger partial charge on any atom is 0.233 e. The minimum atomic E-state index is -0.365. The second kappa shape index (κ2) is 7.37. The molecular weight excluding hydrogens is 338 g/mol. The average Bonchev–Trinajstić information content (AvgIpc) is 3.37. The molecule has 1 aromatic heterocycles. The third-order valence-corrected chi connectivity index (χ3v) is 6.44. The first kappa shape index (κ1) is 18.1. The van der Waals surface area contributed by atoms with Crippen molar-refractivity contribution >= 4 is 5.91 Å². The van der Waals surface area contributed by atoms with Crippen LogP contribution in [0.2, 0.25) is 0 Å². The number of methoxy groups -OCH3 is 1. The van der Waals surface area contributed by atoms with Crippen molar-refractivity contribution in [3.8, 4) is 5.75 Å². The predicted molar refractivity (Wildman–Crippen MR) is 105 cm³/mol. The van der Waals surface area contributed by atoms with Crippen molar-refractivity contribution in [1.29, 1.82) is 0 Å². The standard InChI is InChI=1S/C22H29N3O2/c1-24-15-13-23-20(24)17-6-5-14-25(16-17)21(26)22(11-3-4-12-22)18-7-9-19(27-2)10-8-18/h7-10,13,15,17H,3-6,11-12,14,16H2,1-2H3/t17-/m1/s1. The Labute approximate surface area is 161 Å². The lowest BCUT2D eigenvalue weighted by Gasteiger charge is -2.39. The summed E-state index contributed by atoms with van der Waals surface area (Å²) in [7, 11) is 3.72. The summed E-state index contributed by atoms with van der Waals surface area (Å²) < 4.78 is 7.39. The monoisotopic (exact) mass is 367 g/mol. The van der Waals surface area contributed by atoms with Crippen LogP contribution in [-0.4, -0.2) is 40.6 Å². The quantitative estimate of drug-likeness (QED) is 0.829. The first-order chi connectivity index (χ1) is 13.1. The Morgan fingerprint density at radius 3 is 2.56 bits per heavy atom. The fraction of sp³-hybridized carbons (Fsp3) is 0.545. The van der Waals surface area contributed by atoms with Crippen molar-refractivity contribution in [3.63, 3.8) is 0 Å². The second-order valence-corrected chi connectivity index (χ2v) is 8.00. The van der Waals surface area contributed by atoms with Gasteiger partial charge in [0.05, 0.1) is 12.5 Å². The number of amides is 1. The highest BCUT2D eigenvalue weighted by Crippen LogP contribution is 2.44. The molecule has 2 fully saturated rings. The number of likely N-dealkylation sites (tertiary alicyclic amines) is 1. The lowest BCUT2D eigenvalue weighted by molar-refractivity contribution is -0.138. The van der Waals surface area contributed by atoms with E-state index in [1.807, 2.05) is 31.6 Å². The summed E-state index contributed by atoms with van der Waals surface area (Å²) in [4.78, 5) is 20.4. The molecule has 5 heteroatoms. The van der Waals surface area contributed by atoms with Crippen molar-refractivity contribution < 1.29 is 9.53 Å². The van der Waals surface area contributed by atoms with Crippen LogP contribution in [0.15, 0.2) is 36.7 Å². The van der Waals surface area contributed by atoms with E-state index in [9.17, 15) is 4.79 Å². The molecule has 2 heterocycles. The maximum atomic E-state index is 13.7. The summed E-state index contributed by atoms with van der Waals surface area (Å²) in [5.74, 6) is 2.57. The number of hydrogen-bond donors (Lipinski definition) is 0. The first-order valence-corrected chi connectivity index (χ1v) is 10.1. The zero-order chi connectivity index (χ0) is 18.9. The van der Waals surface area contributed by atoms with Crippen LogP contribution in [0.5, 0.6) is 5.75 Å². The summed E-state index contributed by atoms with van der Waals surface area (Å²) in [5, 5.41) is 0. The van der Waals surface area contributed by atoms with Gasteiger partial charge in [0.1, 0.15) is 11.6 Å². The summed E-state index contributed by atoms with van der Waals surface area (Å²) >= 11 is 0. The van der Waals surface area contributed by atoms with Gasteiger partial charge in [0.2, 0.25) is 5.91 Å². The normalized spacial score (nSPS) is 22.0. The van der Waals surface area contributed by atoms with E-state index in [-0.39, 0.29) is 5.41 Å². The number of imidazole rings is 1. The summed E-state index contributed by atoms with van der Waals surface area (Å²) in [6, 6.07) is 8.13. The average molecular weight is 367 g/mol. The van der Waals surface area contributed by atoms with Gasteiger partial charge in [0.25, 0.3) is 0 Å². The van der Waals surface area contributed by atoms with E-state index < -0.39 is 0 Å². The van der Waals surface area contributed by atoms with Crippen molar-refractivity contribution in [2.75, 3.05) is 20.2 Å². The van der Waals surface area contributed by atoms with Gasteiger partial charge in [-0.05, 0) is 43.4 Å². The van der Waals surface area contributed by atoms with Gasteiger partial charge < -0.3 is 14.2 Å². The molecule has 4 rings (SSSR count). The van der Waals surface area contributed by atoms with Crippen LogP contribution in [0.4, 0.5) is 0 Å². The molecule has 0 spiro atoms. The molecule has 0 radical (unpaired) electrons. The number of hydrogen-bond acceptors (Lipinski definition) is 3. The van der Waals surface area contributed by atoms with Crippen LogP contribution in [0.25, 0.3) is 0 Å². The molecule has 0 N–H and O–H groups in total. The van der Waals surface area contributed by atoms with Gasteiger partial charge >= 0.3 is 0 Å². The molecule has 144 valence electrons. The Morgan fingerprint density at radius 1 is 1.19 bits per heavy atom. The third-order valence-electron chi connectivity index (χ3n) is 6.44. The Balaban J connectivity index is 1.59. The molecule has 5 nitrogen and oxygen atoms in total. The molecule has 1 aromatic carbocycles. The number of carbonyl (C=O) groups is 1. The summed E-state index contributed by atoms with van der Waals surface area (Å²) in [6.07, 6.45) is 10.1. The molecule has 1 saturated carbocycles. The van der Waals surface area contributed by atoms with E-state index >= 15 is 0 Å². The van der Waals surface area contributed by atoms with Gasteiger partial charge in [-0.15, -0.1) is 0 Å². The number of piperidine rings is 1. The molecular formula is C22H29N3O2. The van der Waals surface area contributed by atoms with Crippen LogP contribution in [-0.2, 0) is 17.3 Å². The molecule has 1 saturated heterocycles. The molecule has 1 atom stereocenters. The fourth-order valence-electron chi connectivity index (χ4n) is 4.96. The number of aromatic nitrogens is 2. The van der Waals surface area contributed by atoms with Crippen LogP contribution < -0.4 is 4.74 Å². The van der Waals surface area contributed by atoms with Crippen LogP contribution in [0.3, 0.4) is 0 Å². The van der Waals surface area contributed by atoms with Crippen molar-refractivity contribution in [3.05, 3.63) is 48.0 Å². The van der Waals surface area contributed by atoms with Crippen molar-refractivity contribution in [2.45, 2.75) is 49.9 Å². The van der Waals surface area contributed by atoms with E-state index in [1.54, 1.807) is 7.11 Å². The first-order valence-electron chi connectivity index (χ1n) is 10.1. The van der Waals surface area contributed by atoms with Gasteiger partial charge in [0.15, 0.2) is 0 Å². The largest absolute Gasteiger partial charge is 0.497 e. The molecule has 27 heavy (non-hydrogen) atoms. The maximum absolute atomic E-state index is 13.7. The Hall–Kier alpha value is -2.30. The Bertz CT molecular complexity index is 790. The van der Waals surface area contributed by atoms with Gasteiger partial charge in [-0.25, -0.2) is 4.98 Å². The van der Waals surface area contributed by atoms with Crippen LogP contribution >= 0.6 is 0 Å². The van der Waals surface area contributed by atoms with E-state index in [0.29, 0.717) is 11.8 Å². The number of aryl methyl sites for hydroxylation is 1. The topological polar surface area (TPSA) is 47.4 Å². The smallest absolute Gasteiger partial charge is 0.233 e. The van der Waals surface area contributed by atoms with Gasteiger partial charge in [-0.1, -0.05) is 25.0 Å². The predicted octanol–water partition coefficient (Wildman–Crippen LogP) is 3.65. The Kier molecular flexibility index (Phi) is 4.94. The van der Waals surface area contributed by atoms with E-state index in [2.05, 4.69) is 26.6 Å². The summed E-state index contributed by atoms with van der Waals surface area (Å²) in [5.41, 5.74) is 0.778. The molecule has 0 bridgehead atoms. The van der Waals surface area contributed by atoms with Crippen LogP contribution in [0.1, 0.15) is 55.8 Å². The van der Waals surface area contributed by atoms with E-state index in [0.717, 1.165) is 68.8 Å². The highest BCUT2D eigenvalue weighted by atomic mass is 16.5. The summed E-state index contributed by atoms with van der Waals surface area (Å²) in [6.45, 7) is 1.64. The zero-order valence-corrected chi connectivity index (χ0v) is 16.4. The highest BCUT2D eigenvalue weighted by molar-refractivity contribution is 5.89. The lowest BCUT2D eigenvalue weighted by atomic mass is 9.77. The minimum Gasteiger partial charge on any atom is -0.497 e. The van der Waals surface area contributed by atoms with Gasteiger partial charge in [-0.3, -0.25) is 4.79 Å². The van der Waals surface area contributed by atoms with Crippen LogP contribution in [0, 0.1) is 0 Å². The zero-order valence-electron chi connectivity index (χ0n) is 16.4. The fourth-order valence-corrected chi connectivity index (χ4v) is 4.96. The van der Waals surface area contributed by atoms with E-state index in [1.165, 1.54) is 0 Å². The van der Waals surface area contributed by atoms with Gasteiger partial charge in [0, 0.05) is 38.4 Å². The molecule has 0 unspecified atom stereocenters. The molecule has 2 aliphatic rings. The molecule has 1 aliphatic carbocycles. The number of carbonyl (C=O) groups excluding carboxylic acids is 1. The minimum absolute atomic E-state index is 0.309. The van der Waals surface area contributed by atoms with E-state index in [4.69, 9.17) is 4.74 Å². The van der Waals surface area contributed by atoms with Gasteiger partial charge in [-0.2, -0.15) is 0 Å². The molecule has 1 amide bonds. The second-order valence-electron chi connectivity index (χ2n) is 8.00. The third kappa shape index (κ3) is 3.24. The van der Waals surface area contributed by atoms with Crippen molar-refractivity contribution in [1.82, 2.24) is 14.5 Å². The number of ether oxygens (including phenoxy) is 1. The highest BCUT2D eigenvalue weighted by Gasteiger charge is 2.45. The SMILES string of the molecule is COc1ccc(C2(C(=O)N3CCC[C@@H](c4nccn4C)C3)CCCC2)cc1. The van der Waals surface area contributed by atoms with Crippen molar-refractivity contribution in [2.24, 2.45) is 7.05 Å². The lowest BCUT2D eigenvalue weighted by Crippen LogP contribution is -2.49.